The summed E-state index contributed by atoms with van der Waals surface area (Å²) >= 11 is 0. The molecule has 0 saturated carbocycles. The number of anilines is 1. The molecule has 1 aliphatic rings. The fourth-order valence-corrected chi connectivity index (χ4v) is 4.57. The van der Waals surface area contributed by atoms with Gasteiger partial charge in [0, 0.05) is 31.9 Å². The van der Waals surface area contributed by atoms with Gasteiger partial charge >= 0.3 is 5.97 Å². The summed E-state index contributed by atoms with van der Waals surface area (Å²) in [6, 6.07) is 7.29. The quantitative estimate of drug-likeness (QED) is 0.271. The van der Waals surface area contributed by atoms with E-state index in [0.717, 1.165) is 31.9 Å². The second-order valence-corrected chi connectivity index (χ2v) is 9.28. The van der Waals surface area contributed by atoms with Crippen molar-refractivity contribution in [2.45, 2.75) is 96.8 Å². The van der Waals surface area contributed by atoms with Crippen LogP contribution >= 0.6 is 0 Å². The summed E-state index contributed by atoms with van der Waals surface area (Å²) in [5.74, 6) is -0.857. The zero-order valence-electron chi connectivity index (χ0n) is 20.0. The van der Waals surface area contributed by atoms with Crippen molar-refractivity contribution >= 4 is 11.7 Å². The molecule has 0 spiro atoms. The number of benzene rings is 1. The highest BCUT2D eigenvalue weighted by atomic mass is 16.4. The molecule has 4 nitrogen and oxygen atoms in total. The van der Waals surface area contributed by atoms with Crippen molar-refractivity contribution in [2.24, 2.45) is 0 Å². The van der Waals surface area contributed by atoms with Crippen molar-refractivity contribution in [1.82, 2.24) is 4.90 Å². The summed E-state index contributed by atoms with van der Waals surface area (Å²) < 4.78 is 0. The molecule has 1 fully saturated rings. The van der Waals surface area contributed by atoms with Crippen LogP contribution in [0.5, 0.6) is 0 Å². The first kappa shape index (κ1) is 25.7. The van der Waals surface area contributed by atoms with E-state index in [1.54, 1.807) is 12.1 Å². The van der Waals surface area contributed by atoms with Crippen LogP contribution in [0.15, 0.2) is 24.3 Å². The number of nitrogens with zero attached hydrogens (tertiary/aromatic N) is 2. The number of rotatable bonds is 17. The lowest BCUT2D eigenvalue weighted by Crippen LogP contribution is -2.46. The molecule has 0 unspecified atom stereocenters. The average molecular weight is 431 g/mol. The third kappa shape index (κ3) is 11.0. The Morgan fingerprint density at radius 3 is 1.61 bits per heavy atom. The maximum Gasteiger partial charge on any atom is 0.335 e. The van der Waals surface area contributed by atoms with Crippen LogP contribution in [-0.4, -0.2) is 48.7 Å². The van der Waals surface area contributed by atoms with E-state index in [-0.39, 0.29) is 0 Å². The molecule has 0 amide bonds. The van der Waals surface area contributed by atoms with Gasteiger partial charge in [0.05, 0.1) is 5.56 Å². The number of carbonyl (C=O) groups is 1. The van der Waals surface area contributed by atoms with Crippen molar-refractivity contribution in [2.75, 3.05) is 37.6 Å². The molecular weight excluding hydrogens is 384 g/mol. The third-order valence-electron chi connectivity index (χ3n) is 6.68. The van der Waals surface area contributed by atoms with Gasteiger partial charge in [0.15, 0.2) is 0 Å². The molecule has 2 rings (SSSR count). The number of hydrogen-bond donors (Lipinski definition) is 1. The molecule has 0 bridgehead atoms. The van der Waals surface area contributed by atoms with Gasteiger partial charge in [-0.1, -0.05) is 90.4 Å². The second kappa shape index (κ2) is 16.1. The van der Waals surface area contributed by atoms with Crippen molar-refractivity contribution in [3.05, 3.63) is 29.8 Å². The maximum atomic E-state index is 11.0. The summed E-state index contributed by atoms with van der Waals surface area (Å²) in [5, 5.41) is 9.03. The highest BCUT2D eigenvalue weighted by Gasteiger charge is 2.17. The summed E-state index contributed by atoms with van der Waals surface area (Å²) in [4.78, 5) is 15.9. The first-order valence-electron chi connectivity index (χ1n) is 13.0. The Bertz CT molecular complexity index is 579. The predicted octanol–water partition coefficient (Wildman–Crippen LogP) is 6.99. The highest BCUT2D eigenvalue weighted by Crippen LogP contribution is 2.18. The minimum absolute atomic E-state index is 0.361. The summed E-state index contributed by atoms with van der Waals surface area (Å²) in [5.41, 5.74) is 1.50. The number of carboxylic acids is 1. The number of aromatic carboxylic acids is 1. The summed E-state index contributed by atoms with van der Waals surface area (Å²) in [7, 11) is 0. The molecule has 0 radical (unpaired) electrons. The van der Waals surface area contributed by atoms with Crippen LogP contribution in [-0.2, 0) is 0 Å². The Morgan fingerprint density at radius 1 is 0.710 bits per heavy atom. The molecule has 0 aromatic heterocycles. The Morgan fingerprint density at radius 2 is 1.16 bits per heavy atom. The topological polar surface area (TPSA) is 43.8 Å². The maximum absolute atomic E-state index is 11.0. The molecule has 1 aromatic rings. The van der Waals surface area contributed by atoms with Gasteiger partial charge in [-0.3, -0.25) is 4.90 Å². The smallest absolute Gasteiger partial charge is 0.335 e. The van der Waals surface area contributed by atoms with Crippen molar-refractivity contribution in [3.63, 3.8) is 0 Å². The zero-order valence-corrected chi connectivity index (χ0v) is 20.0. The van der Waals surface area contributed by atoms with Gasteiger partial charge in [0.25, 0.3) is 0 Å². The lowest BCUT2D eigenvalue weighted by Gasteiger charge is -2.36. The van der Waals surface area contributed by atoms with Crippen LogP contribution < -0.4 is 4.90 Å². The Balaban J connectivity index is 1.40. The van der Waals surface area contributed by atoms with E-state index in [0.29, 0.717) is 5.56 Å². The monoisotopic (exact) mass is 430 g/mol. The number of carboxylic acid groups (broad SMARTS) is 1. The largest absolute Gasteiger partial charge is 0.478 e. The number of unbranched alkanes of at least 4 members (excludes halogenated alkanes) is 13. The van der Waals surface area contributed by atoms with Crippen LogP contribution in [0.4, 0.5) is 5.69 Å². The van der Waals surface area contributed by atoms with Crippen LogP contribution in [0.25, 0.3) is 0 Å². The molecule has 1 aliphatic heterocycles. The van der Waals surface area contributed by atoms with E-state index in [1.165, 1.54) is 96.4 Å². The van der Waals surface area contributed by atoms with E-state index in [1.807, 2.05) is 12.1 Å². The van der Waals surface area contributed by atoms with Crippen LogP contribution in [0.3, 0.4) is 0 Å². The van der Waals surface area contributed by atoms with Gasteiger partial charge in [-0.2, -0.15) is 0 Å². The van der Waals surface area contributed by atoms with E-state index in [4.69, 9.17) is 5.11 Å². The first-order chi connectivity index (χ1) is 15.2. The molecule has 1 saturated heterocycles. The predicted molar refractivity (Wildman–Crippen MR) is 132 cm³/mol. The molecule has 0 atom stereocenters. The summed E-state index contributed by atoms with van der Waals surface area (Å²) in [6.07, 6.45) is 19.8. The van der Waals surface area contributed by atoms with Gasteiger partial charge in [0.1, 0.15) is 0 Å². The average Bonchev–Trinajstić information content (AvgIpc) is 2.80. The lowest BCUT2D eigenvalue weighted by atomic mass is 10.0. The fraction of sp³-hybridized carbons (Fsp3) is 0.741. The highest BCUT2D eigenvalue weighted by molar-refractivity contribution is 5.88. The van der Waals surface area contributed by atoms with Crippen molar-refractivity contribution in [3.8, 4) is 0 Å². The zero-order chi connectivity index (χ0) is 22.2. The fourth-order valence-electron chi connectivity index (χ4n) is 4.57. The van der Waals surface area contributed by atoms with Gasteiger partial charge in [-0.25, -0.2) is 4.79 Å². The first-order valence-corrected chi connectivity index (χ1v) is 13.0. The SMILES string of the molecule is CCCCCCCCCCCCCCCCN1CCN(c2ccc(C(=O)O)cc2)CC1. The van der Waals surface area contributed by atoms with Crippen LogP contribution in [0.2, 0.25) is 0 Å². The van der Waals surface area contributed by atoms with Gasteiger partial charge in [0.2, 0.25) is 0 Å². The van der Waals surface area contributed by atoms with E-state index in [9.17, 15) is 4.79 Å². The van der Waals surface area contributed by atoms with Crippen molar-refractivity contribution < 1.29 is 9.90 Å². The molecule has 1 aromatic carbocycles. The molecular formula is C27H46N2O2. The molecule has 1 N–H and O–H groups in total. The molecule has 176 valence electrons. The number of piperazine rings is 1. The Hall–Kier alpha value is -1.55. The van der Waals surface area contributed by atoms with Crippen LogP contribution in [0, 0.1) is 0 Å². The second-order valence-electron chi connectivity index (χ2n) is 9.28. The molecule has 1 heterocycles. The van der Waals surface area contributed by atoms with Crippen LogP contribution in [0.1, 0.15) is 107 Å². The molecule has 0 aliphatic carbocycles. The lowest BCUT2D eigenvalue weighted by molar-refractivity contribution is 0.0697. The van der Waals surface area contributed by atoms with E-state index in [2.05, 4.69) is 16.7 Å². The Kier molecular flexibility index (Phi) is 13.4. The number of hydrogen-bond acceptors (Lipinski definition) is 3. The Labute approximate surface area is 191 Å². The molecule has 31 heavy (non-hydrogen) atoms. The molecule has 4 heteroatoms. The minimum Gasteiger partial charge on any atom is -0.478 e. The summed E-state index contributed by atoms with van der Waals surface area (Å²) in [6.45, 7) is 7.80. The third-order valence-corrected chi connectivity index (χ3v) is 6.68. The van der Waals surface area contributed by atoms with E-state index < -0.39 is 5.97 Å². The van der Waals surface area contributed by atoms with Gasteiger partial charge in [-0.05, 0) is 37.2 Å². The standard InChI is InChI=1S/C27H46N2O2/c1-2-3-4-5-6-7-8-9-10-11-12-13-14-15-20-28-21-23-29(24-22-28)26-18-16-25(17-19-26)27(30)31/h16-19H,2-15,20-24H2,1H3,(H,30,31). The van der Waals surface area contributed by atoms with Gasteiger partial charge < -0.3 is 10.0 Å². The minimum atomic E-state index is -0.857. The van der Waals surface area contributed by atoms with Gasteiger partial charge in [-0.15, -0.1) is 0 Å². The van der Waals surface area contributed by atoms with E-state index >= 15 is 0 Å². The normalized spacial score (nSPS) is 14.8. The van der Waals surface area contributed by atoms with Crippen molar-refractivity contribution in [1.29, 1.82) is 0 Å².